The largest absolute Gasteiger partial charge is 0.451 e. The van der Waals surface area contributed by atoms with Crippen LogP contribution >= 0.6 is 11.8 Å². The van der Waals surface area contributed by atoms with Gasteiger partial charge in [0.25, 0.3) is 0 Å². The van der Waals surface area contributed by atoms with E-state index in [0.29, 0.717) is 6.42 Å². The number of halogens is 2. The molecule has 17 heavy (non-hydrogen) atoms. The highest BCUT2D eigenvalue weighted by Gasteiger charge is 2.19. The predicted octanol–water partition coefficient (Wildman–Crippen LogP) is 4.23. The quantitative estimate of drug-likeness (QED) is 0.355. The zero-order valence-corrected chi connectivity index (χ0v) is 11.6. The van der Waals surface area contributed by atoms with E-state index in [1.54, 1.807) is 11.8 Å². The predicted molar refractivity (Wildman–Crippen MR) is 67.4 cm³/mol. The van der Waals surface area contributed by atoms with Gasteiger partial charge in [-0.2, -0.15) is 0 Å². The number of unbranched alkanes of at least 4 members (excludes halogenated alkanes) is 2. The number of thioether (sulfide) groups is 1. The standard InChI is InChI=1S/C12H22F2O2S/c1-4-11(16-10(2)15)17-9-7-5-6-8-12(3,13)14/h11H,4-9H2,1-3H3. The van der Waals surface area contributed by atoms with Gasteiger partial charge in [-0.3, -0.25) is 4.79 Å². The molecular weight excluding hydrogens is 246 g/mol. The number of rotatable bonds is 9. The molecule has 0 fully saturated rings. The molecule has 1 atom stereocenters. The molecule has 0 aromatic rings. The van der Waals surface area contributed by atoms with Crippen LogP contribution in [0.2, 0.25) is 0 Å². The zero-order chi connectivity index (χ0) is 13.3. The minimum Gasteiger partial charge on any atom is -0.451 e. The molecule has 0 spiro atoms. The third kappa shape index (κ3) is 11.9. The Morgan fingerprint density at radius 2 is 2.00 bits per heavy atom. The van der Waals surface area contributed by atoms with E-state index in [-0.39, 0.29) is 17.8 Å². The summed E-state index contributed by atoms with van der Waals surface area (Å²) < 4.78 is 30.1. The first-order valence-corrected chi connectivity index (χ1v) is 7.06. The Labute approximate surface area is 106 Å². The molecule has 0 bridgehead atoms. The van der Waals surface area contributed by atoms with E-state index in [2.05, 4.69) is 0 Å². The lowest BCUT2D eigenvalue weighted by atomic mass is 10.1. The van der Waals surface area contributed by atoms with E-state index >= 15 is 0 Å². The summed E-state index contributed by atoms with van der Waals surface area (Å²) in [6.07, 6.45) is 2.97. The van der Waals surface area contributed by atoms with Crippen molar-refractivity contribution in [1.29, 1.82) is 0 Å². The summed E-state index contributed by atoms with van der Waals surface area (Å²) in [5, 5.41) is 0. The maximum atomic E-state index is 12.5. The van der Waals surface area contributed by atoms with Crippen LogP contribution in [0.25, 0.3) is 0 Å². The summed E-state index contributed by atoms with van der Waals surface area (Å²) in [4.78, 5) is 10.7. The fraction of sp³-hybridized carbons (Fsp3) is 0.917. The average Bonchev–Trinajstić information content (AvgIpc) is 2.19. The van der Waals surface area contributed by atoms with Gasteiger partial charge in [0.05, 0.1) is 0 Å². The van der Waals surface area contributed by atoms with Crippen molar-refractivity contribution in [1.82, 2.24) is 0 Å². The van der Waals surface area contributed by atoms with E-state index in [0.717, 1.165) is 31.9 Å². The van der Waals surface area contributed by atoms with Crippen LogP contribution in [-0.4, -0.2) is 23.1 Å². The molecule has 0 aliphatic heterocycles. The third-order valence-corrected chi connectivity index (χ3v) is 3.52. The summed E-state index contributed by atoms with van der Waals surface area (Å²) in [7, 11) is 0. The lowest BCUT2D eigenvalue weighted by Gasteiger charge is -2.14. The van der Waals surface area contributed by atoms with Gasteiger partial charge in [0.2, 0.25) is 5.92 Å². The molecule has 102 valence electrons. The van der Waals surface area contributed by atoms with E-state index in [1.165, 1.54) is 6.92 Å². The molecule has 0 aliphatic carbocycles. The van der Waals surface area contributed by atoms with Gasteiger partial charge in [-0.15, -0.1) is 11.8 Å². The maximum Gasteiger partial charge on any atom is 0.303 e. The molecular formula is C12H22F2O2S. The van der Waals surface area contributed by atoms with Gasteiger partial charge in [-0.05, 0) is 31.9 Å². The van der Waals surface area contributed by atoms with Crippen molar-refractivity contribution in [2.24, 2.45) is 0 Å². The number of ether oxygens (including phenoxy) is 1. The molecule has 0 saturated carbocycles. The van der Waals surface area contributed by atoms with Crippen molar-refractivity contribution in [3.05, 3.63) is 0 Å². The van der Waals surface area contributed by atoms with E-state index in [9.17, 15) is 13.6 Å². The summed E-state index contributed by atoms with van der Waals surface area (Å²) in [5.74, 6) is -1.97. The van der Waals surface area contributed by atoms with Crippen molar-refractivity contribution in [2.45, 2.75) is 64.2 Å². The fourth-order valence-corrected chi connectivity index (χ4v) is 2.42. The van der Waals surface area contributed by atoms with E-state index in [1.807, 2.05) is 6.92 Å². The molecule has 0 N–H and O–H groups in total. The van der Waals surface area contributed by atoms with Gasteiger partial charge in [0, 0.05) is 13.3 Å². The molecule has 5 heteroatoms. The maximum absolute atomic E-state index is 12.5. The molecule has 1 unspecified atom stereocenters. The van der Waals surface area contributed by atoms with Gasteiger partial charge in [-0.1, -0.05) is 13.3 Å². The molecule has 0 rings (SSSR count). The van der Waals surface area contributed by atoms with Gasteiger partial charge in [0.1, 0.15) is 5.44 Å². The lowest BCUT2D eigenvalue weighted by Crippen LogP contribution is -2.12. The van der Waals surface area contributed by atoms with Crippen LogP contribution in [0.15, 0.2) is 0 Å². The van der Waals surface area contributed by atoms with E-state index < -0.39 is 5.92 Å². The Hall–Kier alpha value is -0.320. The van der Waals surface area contributed by atoms with Crippen LogP contribution in [0.1, 0.15) is 52.9 Å². The van der Waals surface area contributed by atoms with Crippen LogP contribution < -0.4 is 0 Å². The summed E-state index contributed by atoms with van der Waals surface area (Å²) >= 11 is 1.58. The minimum atomic E-state index is -2.54. The van der Waals surface area contributed by atoms with Crippen molar-refractivity contribution in [3.63, 3.8) is 0 Å². The molecule has 0 radical (unpaired) electrons. The first kappa shape index (κ1) is 16.7. The van der Waals surface area contributed by atoms with Crippen molar-refractivity contribution >= 4 is 17.7 Å². The van der Waals surface area contributed by atoms with Crippen molar-refractivity contribution in [3.8, 4) is 0 Å². The van der Waals surface area contributed by atoms with Crippen molar-refractivity contribution < 1.29 is 18.3 Å². The second kappa shape index (κ2) is 8.72. The molecule has 0 amide bonds. The van der Waals surface area contributed by atoms with Gasteiger partial charge >= 0.3 is 5.97 Å². The number of esters is 1. The monoisotopic (exact) mass is 268 g/mol. The molecule has 0 aliphatic rings. The van der Waals surface area contributed by atoms with Gasteiger partial charge in [-0.25, -0.2) is 8.78 Å². The lowest BCUT2D eigenvalue weighted by molar-refractivity contribution is -0.142. The Kier molecular flexibility index (Phi) is 8.56. The first-order chi connectivity index (χ1) is 7.85. The topological polar surface area (TPSA) is 26.3 Å². The third-order valence-electron chi connectivity index (χ3n) is 2.19. The molecule has 0 saturated heterocycles. The second-order valence-corrected chi connectivity index (χ2v) is 5.47. The smallest absolute Gasteiger partial charge is 0.303 e. The van der Waals surface area contributed by atoms with E-state index in [4.69, 9.17) is 4.74 Å². The summed E-state index contributed by atoms with van der Waals surface area (Å²) in [5.41, 5.74) is -0.0971. The average molecular weight is 268 g/mol. The second-order valence-electron chi connectivity index (χ2n) is 4.20. The number of hydrogen-bond acceptors (Lipinski definition) is 3. The molecule has 0 heterocycles. The van der Waals surface area contributed by atoms with Crippen LogP contribution in [0.4, 0.5) is 8.78 Å². The SMILES string of the molecule is CCC(OC(C)=O)SCCCCCC(C)(F)F. The highest BCUT2D eigenvalue weighted by atomic mass is 32.2. The molecule has 0 aromatic heterocycles. The van der Waals surface area contributed by atoms with Crippen LogP contribution in [0.5, 0.6) is 0 Å². The van der Waals surface area contributed by atoms with Gasteiger partial charge in [0.15, 0.2) is 0 Å². The normalized spacial score (nSPS) is 13.5. The highest BCUT2D eigenvalue weighted by Crippen LogP contribution is 2.22. The fourth-order valence-electron chi connectivity index (χ4n) is 1.35. The number of alkyl halides is 2. The Balaban J connectivity index is 3.46. The summed E-state index contributed by atoms with van der Waals surface area (Å²) in [6, 6.07) is 0. The Morgan fingerprint density at radius 3 is 2.47 bits per heavy atom. The van der Waals surface area contributed by atoms with Gasteiger partial charge < -0.3 is 4.74 Å². The Bertz CT molecular complexity index is 217. The van der Waals surface area contributed by atoms with Crippen LogP contribution in [0.3, 0.4) is 0 Å². The van der Waals surface area contributed by atoms with Crippen LogP contribution in [0, 0.1) is 0 Å². The first-order valence-electron chi connectivity index (χ1n) is 6.02. The molecule has 2 nitrogen and oxygen atoms in total. The Morgan fingerprint density at radius 1 is 1.35 bits per heavy atom. The van der Waals surface area contributed by atoms with Crippen molar-refractivity contribution in [2.75, 3.05) is 5.75 Å². The number of hydrogen-bond donors (Lipinski definition) is 0. The molecule has 0 aromatic carbocycles. The number of carbonyl (C=O) groups excluding carboxylic acids is 1. The zero-order valence-electron chi connectivity index (χ0n) is 10.8. The summed E-state index contributed by atoms with van der Waals surface area (Å²) in [6.45, 7) is 4.31. The number of carbonyl (C=O) groups is 1. The highest BCUT2D eigenvalue weighted by molar-refractivity contribution is 7.99. The van der Waals surface area contributed by atoms with Crippen LogP contribution in [-0.2, 0) is 9.53 Å². The minimum absolute atomic E-state index is 0.0428.